The van der Waals surface area contributed by atoms with Gasteiger partial charge in [-0.3, -0.25) is 9.59 Å². The smallest absolute Gasteiger partial charge is 0.253 e. The quantitative estimate of drug-likeness (QED) is 0.668. The highest BCUT2D eigenvalue weighted by molar-refractivity contribution is 6.30. The first-order valence-corrected chi connectivity index (χ1v) is 11.6. The maximum absolute atomic E-state index is 13.1. The molecule has 2 heterocycles. The lowest BCUT2D eigenvalue weighted by molar-refractivity contribution is -0.128. The molecule has 2 atom stereocenters. The van der Waals surface area contributed by atoms with Crippen molar-refractivity contribution < 1.29 is 24.2 Å². The Balaban J connectivity index is 1.33. The van der Waals surface area contributed by atoms with E-state index in [1.165, 1.54) is 0 Å². The van der Waals surface area contributed by atoms with Crippen molar-refractivity contribution in [2.45, 2.75) is 37.9 Å². The van der Waals surface area contributed by atoms with Gasteiger partial charge in [0, 0.05) is 30.1 Å². The summed E-state index contributed by atoms with van der Waals surface area (Å²) in [6, 6.07) is 14.0. The molecule has 2 saturated heterocycles. The van der Waals surface area contributed by atoms with Crippen molar-refractivity contribution in [1.82, 2.24) is 9.80 Å². The fourth-order valence-electron chi connectivity index (χ4n) is 4.13. The number of carbonyl (C=O) groups is 2. The molecule has 1 N–H and O–H groups in total. The molecule has 4 rings (SSSR count). The summed E-state index contributed by atoms with van der Waals surface area (Å²) < 4.78 is 11.7. The van der Waals surface area contributed by atoms with E-state index in [4.69, 9.17) is 21.1 Å². The van der Waals surface area contributed by atoms with Gasteiger partial charge >= 0.3 is 0 Å². The standard InChI is InChI=1S/C25H29ClN2O5/c1-25(31)12-14-28(17-22(25)33-21-10-6-19(26)7-11-21)24(30)18-4-8-20(9-5-18)32-16-15-27-13-2-3-23(27)29/h4-11,22,31H,2-3,12-17H2,1H3/t22-,25-/m0/s1. The topological polar surface area (TPSA) is 79.3 Å². The highest BCUT2D eigenvalue weighted by Gasteiger charge is 2.41. The van der Waals surface area contributed by atoms with Crippen LogP contribution in [0.25, 0.3) is 0 Å². The molecule has 176 valence electrons. The first-order chi connectivity index (χ1) is 15.8. The summed E-state index contributed by atoms with van der Waals surface area (Å²) in [5.41, 5.74) is -0.506. The number of amides is 2. The molecule has 2 aliphatic heterocycles. The average molecular weight is 473 g/mol. The minimum atomic E-state index is -1.05. The number of halogens is 1. The zero-order valence-corrected chi connectivity index (χ0v) is 19.5. The third-order valence-corrected chi connectivity index (χ3v) is 6.50. The van der Waals surface area contributed by atoms with Crippen LogP contribution in [0.1, 0.15) is 36.5 Å². The predicted molar refractivity (Wildman–Crippen MR) is 125 cm³/mol. The van der Waals surface area contributed by atoms with Crippen LogP contribution >= 0.6 is 11.6 Å². The maximum Gasteiger partial charge on any atom is 0.253 e. The lowest BCUT2D eigenvalue weighted by atomic mass is 9.90. The van der Waals surface area contributed by atoms with Crippen LogP contribution in [0.4, 0.5) is 0 Å². The second-order valence-electron chi connectivity index (χ2n) is 8.78. The van der Waals surface area contributed by atoms with E-state index < -0.39 is 11.7 Å². The Morgan fingerprint density at radius 1 is 1.12 bits per heavy atom. The van der Waals surface area contributed by atoms with Crippen molar-refractivity contribution in [2.75, 3.05) is 32.8 Å². The van der Waals surface area contributed by atoms with Gasteiger partial charge in [-0.2, -0.15) is 0 Å². The Kier molecular flexibility index (Phi) is 7.10. The van der Waals surface area contributed by atoms with Gasteiger partial charge in [-0.25, -0.2) is 0 Å². The predicted octanol–water partition coefficient (Wildman–Crippen LogP) is 3.39. The van der Waals surface area contributed by atoms with E-state index in [1.54, 1.807) is 60.4 Å². The second-order valence-corrected chi connectivity index (χ2v) is 9.21. The molecular weight excluding hydrogens is 444 g/mol. The number of likely N-dealkylation sites (tertiary alicyclic amines) is 2. The van der Waals surface area contributed by atoms with Gasteiger partial charge in [-0.1, -0.05) is 11.6 Å². The van der Waals surface area contributed by atoms with Crippen LogP contribution in [0.3, 0.4) is 0 Å². The second kappa shape index (κ2) is 10.0. The number of carbonyl (C=O) groups excluding carboxylic acids is 2. The number of hydrogen-bond acceptors (Lipinski definition) is 5. The van der Waals surface area contributed by atoms with Crippen LogP contribution in [0, 0.1) is 0 Å². The molecule has 2 aromatic rings. The third kappa shape index (κ3) is 5.78. The van der Waals surface area contributed by atoms with Gasteiger partial charge in [-0.05, 0) is 68.3 Å². The molecule has 2 aliphatic rings. The lowest BCUT2D eigenvalue weighted by Gasteiger charge is -2.42. The van der Waals surface area contributed by atoms with Gasteiger partial charge in [-0.15, -0.1) is 0 Å². The number of nitrogens with zero attached hydrogens (tertiary/aromatic N) is 2. The van der Waals surface area contributed by atoms with Crippen LogP contribution in [0.5, 0.6) is 11.5 Å². The van der Waals surface area contributed by atoms with Crippen molar-refractivity contribution in [1.29, 1.82) is 0 Å². The summed E-state index contributed by atoms with van der Waals surface area (Å²) in [4.78, 5) is 28.3. The first kappa shape index (κ1) is 23.4. The summed E-state index contributed by atoms with van der Waals surface area (Å²) in [6.07, 6.45) is 1.38. The van der Waals surface area contributed by atoms with Gasteiger partial charge < -0.3 is 24.4 Å². The van der Waals surface area contributed by atoms with E-state index in [0.717, 1.165) is 13.0 Å². The summed E-state index contributed by atoms with van der Waals surface area (Å²) >= 11 is 5.94. The average Bonchev–Trinajstić information content (AvgIpc) is 3.21. The van der Waals surface area contributed by atoms with Crippen molar-refractivity contribution in [2.24, 2.45) is 0 Å². The summed E-state index contributed by atoms with van der Waals surface area (Å²) in [7, 11) is 0. The van der Waals surface area contributed by atoms with Crippen molar-refractivity contribution in [3.8, 4) is 11.5 Å². The lowest BCUT2D eigenvalue weighted by Crippen LogP contribution is -2.57. The zero-order chi connectivity index (χ0) is 23.4. The molecule has 2 aromatic carbocycles. The zero-order valence-electron chi connectivity index (χ0n) is 18.7. The van der Waals surface area contributed by atoms with E-state index in [9.17, 15) is 14.7 Å². The number of hydrogen-bond donors (Lipinski definition) is 1. The molecule has 8 heteroatoms. The van der Waals surface area contributed by atoms with E-state index in [2.05, 4.69) is 0 Å². The molecule has 0 unspecified atom stereocenters. The van der Waals surface area contributed by atoms with Crippen LogP contribution < -0.4 is 9.47 Å². The van der Waals surface area contributed by atoms with Crippen LogP contribution in [-0.2, 0) is 4.79 Å². The minimum absolute atomic E-state index is 0.121. The molecular formula is C25H29ClN2O5. The third-order valence-electron chi connectivity index (χ3n) is 6.25. The van der Waals surface area contributed by atoms with Crippen molar-refractivity contribution in [3.63, 3.8) is 0 Å². The maximum atomic E-state index is 13.1. The van der Waals surface area contributed by atoms with Crippen molar-refractivity contribution in [3.05, 3.63) is 59.1 Å². The van der Waals surface area contributed by atoms with Gasteiger partial charge in [0.05, 0.1) is 13.1 Å². The molecule has 2 amide bonds. The molecule has 0 spiro atoms. The molecule has 0 bridgehead atoms. The number of benzene rings is 2. The van der Waals surface area contributed by atoms with E-state index in [0.29, 0.717) is 54.6 Å². The van der Waals surface area contributed by atoms with E-state index >= 15 is 0 Å². The van der Waals surface area contributed by atoms with Gasteiger partial charge in [0.2, 0.25) is 5.91 Å². The number of rotatable bonds is 7. The first-order valence-electron chi connectivity index (χ1n) is 11.3. The highest BCUT2D eigenvalue weighted by Crippen LogP contribution is 2.28. The largest absolute Gasteiger partial charge is 0.492 e. The summed E-state index contributed by atoms with van der Waals surface area (Å²) in [6.45, 7) is 4.23. The molecule has 0 saturated carbocycles. The highest BCUT2D eigenvalue weighted by atomic mass is 35.5. The molecule has 0 aromatic heterocycles. The molecule has 0 aliphatic carbocycles. The van der Waals surface area contributed by atoms with Gasteiger partial charge in [0.1, 0.15) is 29.8 Å². The van der Waals surface area contributed by atoms with Crippen LogP contribution in [-0.4, -0.2) is 71.2 Å². The normalized spacial score (nSPS) is 23.0. The van der Waals surface area contributed by atoms with E-state index in [1.807, 2.05) is 4.90 Å². The monoisotopic (exact) mass is 472 g/mol. The fraction of sp³-hybridized carbons (Fsp3) is 0.440. The number of ether oxygens (including phenoxy) is 2. The Hall–Kier alpha value is -2.77. The van der Waals surface area contributed by atoms with Crippen LogP contribution in [0.2, 0.25) is 5.02 Å². The fourth-order valence-corrected chi connectivity index (χ4v) is 4.25. The Labute approximate surface area is 198 Å². The Morgan fingerprint density at radius 2 is 1.82 bits per heavy atom. The summed E-state index contributed by atoms with van der Waals surface area (Å²) in [5.74, 6) is 1.31. The number of piperidine rings is 1. The van der Waals surface area contributed by atoms with Gasteiger partial charge in [0.25, 0.3) is 5.91 Å². The molecule has 2 fully saturated rings. The molecule has 7 nitrogen and oxygen atoms in total. The number of aliphatic hydroxyl groups is 1. The van der Waals surface area contributed by atoms with Crippen molar-refractivity contribution >= 4 is 23.4 Å². The molecule has 33 heavy (non-hydrogen) atoms. The molecule has 0 radical (unpaired) electrons. The Bertz CT molecular complexity index is 977. The minimum Gasteiger partial charge on any atom is -0.492 e. The Morgan fingerprint density at radius 3 is 2.48 bits per heavy atom. The van der Waals surface area contributed by atoms with E-state index in [-0.39, 0.29) is 18.4 Å². The SMILES string of the molecule is C[C@]1(O)CCN(C(=O)c2ccc(OCCN3CCCC3=O)cc2)C[C@@H]1Oc1ccc(Cl)cc1. The van der Waals surface area contributed by atoms with Gasteiger partial charge in [0.15, 0.2) is 0 Å². The van der Waals surface area contributed by atoms with Crippen LogP contribution in [0.15, 0.2) is 48.5 Å². The summed E-state index contributed by atoms with van der Waals surface area (Å²) in [5, 5.41) is 11.4.